The molecule has 0 atom stereocenters. The summed E-state index contributed by atoms with van der Waals surface area (Å²) < 4.78 is 38.0. The van der Waals surface area contributed by atoms with Gasteiger partial charge in [0, 0.05) is 31.6 Å². The van der Waals surface area contributed by atoms with Gasteiger partial charge in [-0.25, -0.2) is 13.1 Å². The molecule has 21 heavy (non-hydrogen) atoms. The van der Waals surface area contributed by atoms with E-state index in [0.717, 1.165) is 6.42 Å². The van der Waals surface area contributed by atoms with Crippen molar-refractivity contribution in [2.45, 2.75) is 31.2 Å². The predicted molar refractivity (Wildman–Crippen MR) is 80.4 cm³/mol. The average molecular weight is 314 g/mol. The zero-order valence-corrected chi connectivity index (χ0v) is 13.2. The molecule has 1 aliphatic rings. The number of hydrogen-bond donors (Lipinski definition) is 2. The Balaban J connectivity index is 2.04. The van der Waals surface area contributed by atoms with E-state index in [1.54, 1.807) is 6.07 Å². The van der Waals surface area contributed by atoms with Gasteiger partial charge in [0.1, 0.15) is 0 Å². The van der Waals surface area contributed by atoms with Gasteiger partial charge in [0.2, 0.25) is 10.0 Å². The van der Waals surface area contributed by atoms with E-state index < -0.39 is 10.0 Å². The third-order valence-corrected chi connectivity index (χ3v) is 4.46. The van der Waals surface area contributed by atoms with Crippen LogP contribution in [0.3, 0.4) is 0 Å². The zero-order chi connectivity index (χ0) is 15.3. The molecule has 0 aliphatic carbocycles. The smallest absolute Gasteiger partial charge is 0.240 e. The van der Waals surface area contributed by atoms with Gasteiger partial charge in [-0.05, 0) is 12.1 Å². The topological polar surface area (TPSA) is 76.7 Å². The van der Waals surface area contributed by atoms with Crippen LogP contribution in [0.2, 0.25) is 0 Å². The molecule has 0 aromatic heterocycles. The van der Waals surface area contributed by atoms with Crippen LogP contribution in [0.25, 0.3) is 0 Å². The number of sulfonamides is 1. The number of ether oxygens (including phenoxy) is 2. The second kappa shape index (κ2) is 7.11. The van der Waals surface area contributed by atoms with Crippen LogP contribution in [0, 0.1) is 0 Å². The Morgan fingerprint density at radius 3 is 2.57 bits per heavy atom. The summed E-state index contributed by atoms with van der Waals surface area (Å²) in [6.07, 6.45) is 0.788. The molecular formula is C14H22N2O4S. The number of benzene rings is 1. The van der Waals surface area contributed by atoms with Crippen molar-refractivity contribution in [2.75, 3.05) is 26.3 Å². The van der Waals surface area contributed by atoms with E-state index in [1.807, 2.05) is 13.8 Å². The number of nitrogens with one attached hydrogen (secondary N) is 2. The summed E-state index contributed by atoms with van der Waals surface area (Å²) in [6.45, 7) is 6.06. The Hall–Kier alpha value is -1.31. The lowest BCUT2D eigenvalue weighted by atomic mass is 10.3. The molecule has 1 aliphatic heterocycles. The molecule has 1 aromatic rings. The first kappa shape index (κ1) is 16.1. The molecular weight excluding hydrogens is 292 g/mol. The van der Waals surface area contributed by atoms with Gasteiger partial charge in [-0.3, -0.25) is 0 Å². The van der Waals surface area contributed by atoms with Crippen molar-refractivity contribution in [3.63, 3.8) is 0 Å². The van der Waals surface area contributed by atoms with Gasteiger partial charge >= 0.3 is 0 Å². The molecule has 1 aromatic carbocycles. The standard InChI is InChI=1S/C14H22N2O4S/c1-11(2)15-6-7-16-21(17,18)12-4-5-13-14(10-12)20-9-3-8-19-13/h4-5,10-11,15-16H,3,6-9H2,1-2H3. The molecule has 2 rings (SSSR count). The maximum absolute atomic E-state index is 12.2. The molecule has 0 bridgehead atoms. The second-order valence-corrected chi connectivity index (χ2v) is 6.93. The van der Waals surface area contributed by atoms with Crippen LogP contribution in [0.1, 0.15) is 20.3 Å². The number of hydrogen-bond acceptors (Lipinski definition) is 5. The van der Waals surface area contributed by atoms with Crippen LogP contribution in [0.5, 0.6) is 11.5 Å². The molecule has 118 valence electrons. The summed E-state index contributed by atoms with van der Waals surface area (Å²) in [5.41, 5.74) is 0. The Morgan fingerprint density at radius 2 is 1.86 bits per heavy atom. The van der Waals surface area contributed by atoms with Crippen molar-refractivity contribution in [3.05, 3.63) is 18.2 Å². The van der Waals surface area contributed by atoms with Crippen molar-refractivity contribution in [1.29, 1.82) is 0 Å². The molecule has 0 saturated carbocycles. The monoisotopic (exact) mass is 314 g/mol. The average Bonchev–Trinajstić information content (AvgIpc) is 2.67. The van der Waals surface area contributed by atoms with Gasteiger partial charge in [0.05, 0.1) is 18.1 Å². The molecule has 0 unspecified atom stereocenters. The highest BCUT2D eigenvalue weighted by Crippen LogP contribution is 2.31. The largest absolute Gasteiger partial charge is 0.490 e. The lowest BCUT2D eigenvalue weighted by molar-refractivity contribution is 0.297. The predicted octanol–water partition coefficient (Wildman–Crippen LogP) is 1.12. The number of fused-ring (bicyclic) bond motifs is 1. The van der Waals surface area contributed by atoms with Crippen LogP contribution >= 0.6 is 0 Å². The summed E-state index contributed by atoms with van der Waals surface area (Å²) >= 11 is 0. The molecule has 1 heterocycles. The lowest BCUT2D eigenvalue weighted by Crippen LogP contribution is -2.34. The van der Waals surface area contributed by atoms with Crippen molar-refractivity contribution in [3.8, 4) is 11.5 Å². The molecule has 0 radical (unpaired) electrons. The lowest BCUT2D eigenvalue weighted by Gasteiger charge is -2.12. The molecule has 0 fully saturated rings. The van der Waals surface area contributed by atoms with E-state index in [4.69, 9.17) is 9.47 Å². The Morgan fingerprint density at radius 1 is 1.14 bits per heavy atom. The van der Waals surface area contributed by atoms with Gasteiger partial charge in [-0.2, -0.15) is 0 Å². The summed E-state index contributed by atoms with van der Waals surface area (Å²) in [4.78, 5) is 0.191. The molecule has 6 nitrogen and oxygen atoms in total. The van der Waals surface area contributed by atoms with E-state index in [-0.39, 0.29) is 4.90 Å². The van der Waals surface area contributed by atoms with E-state index in [2.05, 4.69) is 10.0 Å². The summed E-state index contributed by atoms with van der Waals surface area (Å²) in [7, 11) is -3.53. The van der Waals surface area contributed by atoms with Gasteiger partial charge in [-0.15, -0.1) is 0 Å². The highest BCUT2D eigenvalue weighted by Gasteiger charge is 2.18. The minimum atomic E-state index is -3.53. The van der Waals surface area contributed by atoms with Gasteiger partial charge in [-0.1, -0.05) is 13.8 Å². The molecule has 0 spiro atoms. The first-order valence-electron chi connectivity index (χ1n) is 7.12. The van der Waals surface area contributed by atoms with Gasteiger partial charge < -0.3 is 14.8 Å². The fourth-order valence-electron chi connectivity index (χ4n) is 1.94. The quantitative estimate of drug-likeness (QED) is 0.770. The molecule has 7 heteroatoms. The fourth-order valence-corrected chi connectivity index (χ4v) is 2.99. The van der Waals surface area contributed by atoms with Crippen molar-refractivity contribution in [2.24, 2.45) is 0 Å². The molecule has 0 amide bonds. The van der Waals surface area contributed by atoms with E-state index in [9.17, 15) is 8.42 Å². The third kappa shape index (κ3) is 4.59. The van der Waals surface area contributed by atoms with Crippen LogP contribution in [-0.2, 0) is 10.0 Å². The Bertz CT molecular complexity index is 572. The summed E-state index contributed by atoms with van der Waals surface area (Å²) in [6, 6.07) is 5.01. The van der Waals surface area contributed by atoms with Gasteiger partial charge in [0.15, 0.2) is 11.5 Å². The van der Waals surface area contributed by atoms with E-state index in [0.29, 0.717) is 43.8 Å². The second-order valence-electron chi connectivity index (χ2n) is 5.17. The van der Waals surface area contributed by atoms with Crippen LogP contribution in [0.4, 0.5) is 0 Å². The first-order valence-corrected chi connectivity index (χ1v) is 8.60. The summed E-state index contributed by atoms with van der Waals surface area (Å²) in [5, 5.41) is 3.16. The van der Waals surface area contributed by atoms with Gasteiger partial charge in [0.25, 0.3) is 0 Å². The van der Waals surface area contributed by atoms with Crippen molar-refractivity contribution >= 4 is 10.0 Å². The first-order chi connectivity index (χ1) is 9.99. The summed E-state index contributed by atoms with van der Waals surface area (Å²) in [5.74, 6) is 1.07. The maximum atomic E-state index is 12.2. The Labute approximate surface area is 125 Å². The molecule has 2 N–H and O–H groups in total. The molecule has 0 saturated heterocycles. The highest BCUT2D eigenvalue weighted by molar-refractivity contribution is 7.89. The maximum Gasteiger partial charge on any atom is 0.240 e. The third-order valence-electron chi connectivity index (χ3n) is 3.00. The Kier molecular flexibility index (Phi) is 5.44. The van der Waals surface area contributed by atoms with E-state index >= 15 is 0 Å². The van der Waals surface area contributed by atoms with Crippen LogP contribution in [0.15, 0.2) is 23.1 Å². The fraction of sp³-hybridized carbons (Fsp3) is 0.571. The zero-order valence-electron chi connectivity index (χ0n) is 12.4. The van der Waals surface area contributed by atoms with E-state index in [1.165, 1.54) is 12.1 Å². The SMILES string of the molecule is CC(C)NCCNS(=O)(=O)c1ccc2c(c1)OCCCO2. The minimum Gasteiger partial charge on any atom is -0.490 e. The normalized spacial score (nSPS) is 15.0. The number of rotatable bonds is 6. The highest BCUT2D eigenvalue weighted by atomic mass is 32.2. The van der Waals surface area contributed by atoms with Crippen LogP contribution < -0.4 is 19.5 Å². The van der Waals surface area contributed by atoms with Crippen molar-refractivity contribution < 1.29 is 17.9 Å². The minimum absolute atomic E-state index is 0.191. The van der Waals surface area contributed by atoms with Crippen molar-refractivity contribution in [1.82, 2.24) is 10.0 Å². The van der Waals surface area contributed by atoms with Crippen LogP contribution in [-0.4, -0.2) is 40.8 Å².